The molecule has 3 rings (SSSR count). The lowest BCUT2D eigenvalue weighted by Crippen LogP contribution is -2.37. The number of hydrogen-bond donors (Lipinski definition) is 1. The fourth-order valence-electron chi connectivity index (χ4n) is 4.90. The Kier molecular flexibility index (Phi) is 8.61. The first-order valence-electron chi connectivity index (χ1n) is 12.2. The molecular weight excluding hydrogens is 416 g/mol. The van der Waals surface area contributed by atoms with Gasteiger partial charge in [-0.25, -0.2) is 4.79 Å². The number of carbonyl (C=O) groups excluding carboxylic acids is 1. The van der Waals surface area contributed by atoms with Crippen LogP contribution in [0.3, 0.4) is 0 Å². The Balaban J connectivity index is 2.01. The Morgan fingerprint density at radius 1 is 1.25 bits per heavy atom. The summed E-state index contributed by atoms with van der Waals surface area (Å²) in [7, 11) is 1.48. The molecule has 0 radical (unpaired) electrons. The SMILES string of the molecule is CCNC1CCC(C2=C(c3cc(C#CC(C)(C)C)sc3C(=O)OC)CCN(CC)C2)CC1. The van der Waals surface area contributed by atoms with Gasteiger partial charge in [0, 0.05) is 30.1 Å². The standard InChI is InChI=1S/C27H40N2O2S/c1-7-28-20-11-9-19(10-12-20)24-18-29(8-2)16-14-22(24)23-17-21(13-15-27(3,4)5)32-25(23)26(30)31-6/h17,19-20,28H,7-12,14,16,18H2,1-6H3. The second kappa shape index (κ2) is 11.0. The lowest BCUT2D eigenvalue weighted by atomic mass is 9.77. The first-order chi connectivity index (χ1) is 15.3. The molecule has 0 bridgehead atoms. The average molecular weight is 457 g/mol. The van der Waals surface area contributed by atoms with Crippen LogP contribution in [0.5, 0.6) is 0 Å². The maximum Gasteiger partial charge on any atom is 0.348 e. The summed E-state index contributed by atoms with van der Waals surface area (Å²) in [4.78, 5) is 16.9. The van der Waals surface area contributed by atoms with E-state index in [0.29, 0.717) is 16.8 Å². The number of methoxy groups -OCH3 is 1. The third-order valence-corrected chi connectivity index (χ3v) is 7.64. The number of rotatable bonds is 6. The third kappa shape index (κ3) is 6.25. The Hall–Kier alpha value is -1.61. The van der Waals surface area contributed by atoms with E-state index in [-0.39, 0.29) is 11.4 Å². The van der Waals surface area contributed by atoms with Crippen molar-refractivity contribution in [3.63, 3.8) is 0 Å². The molecule has 2 aliphatic rings. The number of carbonyl (C=O) groups is 1. The fourth-order valence-corrected chi connectivity index (χ4v) is 5.86. The van der Waals surface area contributed by atoms with E-state index in [1.54, 1.807) is 5.57 Å². The van der Waals surface area contributed by atoms with Gasteiger partial charge in [0.15, 0.2) is 0 Å². The van der Waals surface area contributed by atoms with Crippen molar-refractivity contribution in [3.8, 4) is 11.8 Å². The van der Waals surface area contributed by atoms with Gasteiger partial charge in [-0.1, -0.05) is 25.7 Å². The highest BCUT2D eigenvalue weighted by Gasteiger charge is 2.31. The minimum atomic E-state index is -0.241. The molecule has 1 fully saturated rings. The van der Waals surface area contributed by atoms with Crippen LogP contribution in [-0.2, 0) is 4.74 Å². The molecule has 1 aromatic heterocycles. The minimum Gasteiger partial charge on any atom is -0.465 e. The quantitative estimate of drug-likeness (QED) is 0.448. The van der Waals surface area contributed by atoms with Crippen LogP contribution in [0.1, 0.15) is 86.8 Å². The average Bonchev–Trinajstić information content (AvgIpc) is 3.21. The van der Waals surface area contributed by atoms with Gasteiger partial charge in [-0.3, -0.25) is 4.90 Å². The molecule has 5 heteroatoms. The van der Waals surface area contributed by atoms with E-state index in [0.717, 1.165) is 43.0 Å². The summed E-state index contributed by atoms with van der Waals surface area (Å²) >= 11 is 1.48. The highest BCUT2D eigenvalue weighted by molar-refractivity contribution is 7.14. The van der Waals surface area contributed by atoms with E-state index < -0.39 is 0 Å². The largest absolute Gasteiger partial charge is 0.465 e. The van der Waals surface area contributed by atoms with E-state index in [1.807, 2.05) is 0 Å². The van der Waals surface area contributed by atoms with Gasteiger partial charge >= 0.3 is 5.97 Å². The van der Waals surface area contributed by atoms with Crippen molar-refractivity contribution in [1.82, 2.24) is 10.2 Å². The number of esters is 1. The molecular formula is C27H40N2O2S. The summed E-state index contributed by atoms with van der Waals surface area (Å²) in [5, 5.41) is 3.63. The zero-order valence-corrected chi connectivity index (χ0v) is 21.6. The van der Waals surface area contributed by atoms with Gasteiger partial charge < -0.3 is 10.1 Å². The molecule has 0 spiro atoms. The number of ether oxygens (including phenoxy) is 1. The van der Waals surface area contributed by atoms with Crippen molar-refractivity contribution in [3.05, 3.63) is 27.0 Å². The van der Waals surface area contributed by atoms with Crippen LogP contribution in [0.25, 0.3) is 5.57 Å². The molecule has 4 nitrogen and oxygen atoms in total. The normalized spacial score (nSPS) is 22.4. The van der Waals surface area contributed by atoms with Gasteiger partial charge in [0.1, 0.15) is 4.88 Å². The molecule has 2 heterocycles. The van der Waals surface area contributed by atoms with E-state index >= 15 is 0 Å². The number of hydrogen-bond acceptors (Lipinski definition) is 5. The van der Waals surface area contributed by atoms with Crippen LogP contribution in [0.15, 0.2) is 11.6 Å². The second-order valence-corrected chi connectivity index (χ2v) is 11.1. The lowest BCUT2D eigenvalue weighted by molar-refractivity contribution is 0.0606. The Morgan fingerprint density at radius 3 is 2.56 bits per heavy atom. The zero-order valence-electron chi connectivity index (χ0n) is 20.8. The maximum atomic E-state index is 12.7. The number of likely N-dealkylation sites (N-methyl/N-ethyl adjacent to an activating group) is 1. The van der Waals surface area contributed by atoms with Crippen molar-refractivity contribution in [2.45, 2.75) is 72.8 Å². The number of nitrogens with zero attached hydrogens (tertiary/aromatic N) is 1. The highest BCUT2D eigenvalue weighted by Crippen LogP contribution is 2.41. The van der Waals surface area contributed by atoms with Crippen LogP contribution in [0.2, 0.25) is 0 Å². The summed E-state index contributed by atoms with van der Waals surface area (Å²) in [5.74, 6) is 7.00. The van der Waals surface area contributed by atoms with Crippen LogP contribution >= 0.6 is 11.3 Å². The molecule has 1 aromatic rings. The smallest absolute Gasteiger partial charge is 0.348 e. The Labute approximate surface area is 198 Å². The van der Waals surface area contributed by atoms with Crippen molar-refractivity contribution in [2.75, 3.05) is 33.3 Å². The highest BCUT2D eigenvalue weighted by atomic mass is 32.1. The Bertz CT molecular complexity index is 889. The summed E-state index contributed by atoms with van der Waals surface area (Å²) in [5.41, 5.74) is 3.92. The maximum absolute atomic E-state index is 12.7. The van der Waals surface area contributed by atoms with Crippen LogP contribution < -0.4 is 5.32 Å². The first kappa shape index (κ1) is 25.0. The summed E-state index contributed by atoms with van der Waals surface area (Å²) in [6.07, 6.45) is 5.91. The van der Waals surface area contributed by atoms with Crippen molar-refractivity contribution < 1.29 is 9.53 Å². The van der Waals surface area contributed by atoms with Crippen molar-refractivity contribution in [1.29, 1.82) is 0 Å². The number of nitrogens with one attached hydrogen (secondary N) is 1. The second-order valence-electron chi connectivity index (χ2n) is 10.1. The molecule has 1 saturated carbocycles. The summed E-state index contributed by atoms with van der Waals surface area (Å²) in [6.45, 7) is 14.9. The monoisotopic (exact) mass is 456 g/mol. The Morgan fingerprint density at radius 2 is 1.97 bits per heavy atom. The molecule has 1 N–H and O–H groups in total. The summed E-state index contributed by atoms with van der Waals surface area (Å²) < 4.78 is 5.17. The molecule has 0 aromatic carbocycles. The lowest BCUT2D eigenvalue weighted by Gasteiger charge is -2.37. The van der Waals surface area contributed by atoms with Gasteiger partial charge in [-0.2, -0.15) is 0 Å². The van der Waals surface area contributed by atoms with Gasteiger partial charge in [0.05, 0.1) is 12.0 Å². The zero-order chi connectivity index (χ0) is 23.3. The summed E-state index contributed by atoms with van der Waals surface area (Å²) in [6, 6.07) is 2.80. The van der Waals surface area contributed by atoms with Gasteiger partial charge in [-0.15, -0.1) is 11.3 Å². The molecule has 32 heavy (non-hydrogen) atoms. The predicted molar refractivity (Wildman–Crippen MR) is 135 cm³/mol. The first-order valence-corrected chi connectivity index (χ1v) is 13.0. The molecule has 0 saturated heterocycles. The number of thiophene rings is 1. The van der Waals surface area contributed by atoms with Crippen molar-refractivity contribution >= 4 is 22.9 Å². The van der Waals surface area contributed by atoms with Crippen LogP contribution in [0.4, 0.5) is 0 Å². The molecule has 1 aliphatic carbocycles. The van der Waals surface area contributed by atoms with Crippen LogP contribution in [0, 0.1) is 23.2 Å². The predicted octanol–water partition coefficient (Wildman–Crippen LogP) is 5.58. The van der Waals surface area contributed by atoms with E-state index in [2.05, 4.69) is 62.7 Å². The van der Waals surface area contributed by atoms with E-state index in [4.69, 9.17) is 4.74 Å². The van der Waals surface area contributed by atoms with Crippen LogP contribution in [-0.4, -0.2) is 50.2 Å². The van der Waals surface area contributed by atoms with Crippen molar-refractivity contribution in [2.24, 2.45) is 11.3 Å². The third-order valence-electron chi connectivity index (χ3n) is 6.61. The molecule has 0 atom stereocenters. The molecule has 0 unspecified atom stereocenters. The molecule has 1 aliphatic heterocycles. The minimum absolute atomic E-state index is 0.0718. The molecule has 176 valence electrons. The molecule has 0 amide bonds. The topological polar surface area (TPSA) is 41.6 Å². The van der Waals surface area contributed by atoms with E-state index in [1.165, 1.54) is 49.7 Å². The van der Waals surface area contributed by atoms with Gasteiger partial charge in [0.25, 0.3) is 0 Å². The van der Waals surface area contributed by atoms with E-state index in [9.17, 15) is 4.79 Å². The van der Waals surface area contributed by atoms with Gasteiger partial charge in [-0.05, 0) is 89.1 Å². The fraction of sp³-hybridized carbons (Fsp3) is 0.667. The van der Waals surface area contributed by atoms with Gasteiger partial charge in [0.2, 0.25) is 0 Å².